The number of amides is 2. The van der Waals surface area contributed by atoms with E-state index in [1.165, 1.54) is 13.2 Å². The first-order chi connectivity index (χ1) is 13.1. The van der Waals surface area contributed by atoms with E-state index < -0.39 is 61.3 Å². The molecule has 2 amide bonds. The van der Waals surface area contributed by atoms with Crippen molar-refractivity contribution in [3.63, 3.8) is 0 Å². The zero-order valence-corrected chi connectivity index (χ0v) is 15.8. The summed E-state index contributed by atoms with van der Waals surface area (Å²) in [7, 11) is 1.19. The minimum absolute atomic E-state index is 0.0632. The van der Waals surface area contributed by atoms with Crippen molar-refractivity contribution in [3.8, 4) is 0 Å². The lowest BCUT2D eigenvalue weighted by Gasteiger charge is -2.31. The molecule has 0 heterocycles. The molecule has 0 aromatic carbocycles. The molecule has 4 N–H and O–H groups in total. The van der Waals surface area contributed by atoms with Gasteiger partial charge in [-0.15, -0.1) is 0 Å². The zero-order valence-electron chi connectivity index (χ0n) is 15.8. The highest BCUT2D eigenvalue weighted by Gasteiger charge is 2.35. The van der Waals surface area contributed by atoms with Gasteiger partial charge in [0.15, 0.2) is 0 Å². The van der Waals surface area contributed by atoms with Crippen molar-refractivity contribution in [1.82, 2.24) is 10.6 Å². The van der Waals surface area contributed by atoms with E-state index in [0.717, 1.165) is 0 Å². The van der Waals surface area contributed by atoms with Crippen LogP contribution in [-0.4, -0.2) is 78.6 Å². The maximum absolute atomic E-state index is 12.5. The number of carboxylic acid groups (broad SMARTS) is 1. The van der Waals surface area contributed by atoms with E-state index in [1.807, 2.05) is 0 Å². The molecule has 158 valence electrons. The van der Waals surface area contributed by atoms with Crippen LogP contribution in [0.15, 0.2) is 11.6 Å². The van der Waals surface area contributed by atoms with Crippen LogP contribution >= 0.6 is 0 Å². The quantitative estimate of drug-likeness (QED) is 0.287. The molecule has 28 heavy (non-hydrogen) atoms. The summed E-state index contributed by atoms with van der Waals surface area (Å²) < 4.78 is 9.23. The molecule has 0 saturated heterocycles. The number of carbonyl (C=O) groups is 4. The average Bonchev–Trinajstić information content (AvgIpc) is 2.61. The van der Waals surface area contributed by atoms with Gasteiger partial charge in [-0.25, -0.2) is 4.79 Å². The molecule has 1 aliphatic carbocycles. The molecule has 0 saturated carbocycles. The van der Waals surface area contributed by atoms with E-state index in [4.69, 9.17) is 0 Å². The molecule has 4 atom stereocenters. The van der Waals surface area contributed by atoms with Crippen LogP contribution in [0.1, 0.15) is 20.3 Å². The van der Waals surface area contributed by atoms with Crippen LogP contribution in [0, 0.1) is 5.92 Å². The van der Waals surface area contributed by atoms with Crippen LogP contribution in [0.3, 0.4) is 0 Å². The lowest BCUT2D eigenvalue weighted by molar-refractivity contribution is -0.309. The molecular formula is C17H25N2O9-. The number of ether oxygens (including phenoxy) is 2. The Hall–Kier alpha value is -2.50. The predicted octanol–water partition coefficient (Wildman–Crippen LogP) is -3.40. The molecule has 0 bridgehead atoms. The molecule has 0 aliphatic heterocycles. The van der Waals surface area contributed by atoms with E-state index in [9.17, 15) is 34.5 Å². The highest BCUT2D eigenvalue weighted by molar-refractivity contribution is 5.96. The Morgan fingerprint density at radius 1 is 1.25 bits per heavy atom. The summed E-state index contributed by atoms with van der Waals surface area (Å²) in [6.45, 7) is 2.04. The van der Waals surface area contributed by atoms with Gasteiger partial charge in [-0.1, -0.05) is 19.9 Å². The molecule has 11 nitrogen and oxygen atoms in total. The number of hydrogen-bond acceptors (Lipinski definition) is 9. The van der Waals surface area contributed by atoms with Gasteiger partial charge >= 0.3 is 5.97 Å². The van der Waals surface area contributed by atoms with Crippen LogP contribution in [0.5, 0.6) is 0 Å². The molecule has 0 fully saturated rings. The van der Waals surface area contributed by atoms with E-state index >= 15 is 0 Å². The van der Waals surface area contributed by atoms with Gasteiger partial charge < -0.3 is 40.2 Å². The summed E-state index contributed by atoms with van der Waals surface area (Å²) in [6, 6.07) is -2.02. The predicted molar refractivity (Wildman–Crippen MR) is 91.3 cm³/mol. The third kappa shape index (κ3) is 6.91. The second-order valence-electron chi connectivity index (χ2n) is 6.63. The van der Waals surface area contributed by atoms with Crippen molar-refractivity contribution < 1.29 is 44.0 Å². The smallest absolute Gasteiger partial charge is 0.328 e. The Labute approximate surface area is 161 Å². The highest BCUT2D eigenvalue weighted by atomic mass is 16.5. The third-order valence-electron chi connectivity index (χ3n) is 4.05. The number of nitrogens with one attached hydrogen (secondary N) is 2. The number of esters is 1. The fourth-order valence-corrected chi connectivity index (χ4v) is 2.58. The normalized spacial score (nSPS) is 22.8. The van der Waals surface area contributed by atoms with Crippen LogP contribution in [0.4, 0.5) is 0 Å². The maximum Gasteiger partial charge on any atom is 0.328 e. The molecular weight excluding hydrogens is 376 g/mol. The third-order valence-corrected chi connectivity index (χ3v) is 4.05. The monoisotopic (exact) mass is 401 g/mol. The minimum Gasteiger partial charge on any atom is -0.548 e. The first kappa shape index (κ1) is 23.5. The fraction of sp³-hybridized carbons (Fsp3) is 0.647. The Bertz CT molecular complexity index is 632. The van der Waals surface area contributed by atoms with Gasteiger partial charge in [-0.05, 0) is 5.92 Å². The Morgan fingerprint density at radius 3 is 2.43 bits per heavy atom. The molecule has 1 aliphatic rings. The summed E-state index contributed by atoms with van der Waals surface area (Å²) >= 11 is 0. The number of aliphatic hydroxyl groups excluding tert-OH is 2. The molecule has 1 rings (SSSR count). The standard InChI is InChI=1S/C17H26N2O9/c1-8(2)14(17(26)27-3)19-16(25)9-4-10(15(24)11(20)5-9)18-12(21)6-28-7-13(22)23/h4,8,10-11,14-15,20,24H,5-7H2,1-3H3,(H,18,21)(H,19,25)(H,22,23)/p-1/t10-,11-,14-,15-/m1/s1. The van der Waals surface area contributed by atoms with Crippen molar-refractivity contribution in [2.24, 2.45) is 5.92 Å². The van der Waals surface area contributed by atoms with Crippen LogP contribution < -0.4 is 15.7 Å². The molecule has 0 unspecified atom stereocenters. The van der Waals surface area contributed by atoms with E-state index in [1.54, 1.807) is 13.8 Å². The zero-order chi connectivity index (χ0) is 21.4. The second-order valence-corrected chi connectivity index (χ2v) is 6.63. The number of aliphatic hydroxyl groups is 2. The average molecular weight is 401 g/mol. The summed E-state index contributed by atoms with van der Waals surface area (Å²) in [4.78, 5) is 46.3. The van der Waals surface area contributed by atoms with E-state index in [2.05, 4.69) is 20.1 Å². The van der Waals surface area contributed by atoms with Crippen LogP contribution in [-0.2, 0) is 28.7 Å². The maximum atomic E-state index is 12.5. The molecule has 0 aromatic heterocycles. The second kappa shape index (κ2) is 10.7. The van der Waals surface area contributed by atoms with Gasteiger partial charge in [0.1, 0.15) is 18.8 Å². The van der Waals surface area contributed by atoms with Gasteiger partial charge in [0.2, 0.25) is 11.8 Å². The van der Waals surface area contributed by atoms with Gasteiger partial charge in [0.05, 0.1) is 31.8 Å². The number of carboxylic acids is 1. The fourth-order valence-electron chi connectivity index (χ4n) is 2.58. The Balaban J connectivity index is 2.83. The molecule has 0 spiro atoms. The number of aliphatic carboxylic acids is 1. The summed E-state index contributed by atoms with van der Waals surface area (Å²) in [5, 5.41) is 35.1. The van der Waals surface area contributed by atoms with Gasteiger partial charge in [-0.3, -0.25) is 9.59 Å². The number of carbonyl (C=O) groups excluding carboxylic acids is 4. The number of hydrogen-bond donors (Lipinski definition) is 4. The SMILES string of the molecule is COC(=O)[C@H](NC(=O)C1=C[C@@H](NC(=O)COCC(=O)[O-])[C@@H](O)[C@H](O)C1)C(C)C. The molecule has 11 heteroatoms. The first-order valence-corrected chi connectivity index (χ1v) is 8.59. The van der Waals surface area contributed by atoms with E-state index in [0.29, 0.717) is 0 Å². The number of methoxy groups -OCH3 is 1. The van der Waals surface area contributed by atoms with Gasteiger partial charge in [0, 0.05) is 12.0 Å². The van der Waals surface area contributed by atoms with Crippen molar-refractivity contribution in [2.45, 2.75) is 44.6 Å². The molecule has 0 aromatic rings. The van der Waals surface area contributed by atoms with Crippen molar-refractivity contribution in [2.75, 3.05) is 20.3 Å². The number of rotatable bonds is 9. The Kier molecular flexibility index (Phi) is 9.03. The van der Waals surface area contributed by atoms with Gasteiger partial charge in [0.25, 0.3) is 0 Å². The van der Waals surface area contributed by atoms with Gasteiger partial charge in [-0.2, -0.15) is 0 Å². The largest absolute Gasteiger partial charge is 0.548 e. The summed E-state index contributed by atoms with van der Waals surface area (Å²) in [6.07, 6.45) is -1.65. The van der Waals surface area contributed by atoms with Crippen LogP contribution in [0.2, 0.25) is 0 Å². The lowest BCUT2D eigenvalue weighted by Crippen LogP contribution is -2.53. The Morgan fingerprint density at radius 2 is 1.89 bits per heavy atom. The topological polar surface area (TPSA) is 174 Å². The van der Waals surface area contributed by atoms with Crippen molar-refractivity contribution in [1.29, 1.82) is 0 Å². The van der Waals surface area contributed by atoms with Crippen molar-refractivity contribution in [3.05, 3.63) is 11.6 Å². The van der Waals surface area contributed by atoms with Crippen molar-refractivity contribution >= 4 is 23.8 Å². The summed E-state index contributed by atoms with van der Waals surface area (Å²) in [5.74, 6) is -3.79. The van der Waals surface area contributed by atoms with Crippen LogP contribution in [0.25, 0.3) is 0 Å². The minimum atomic E-state index is -1.50. The first-order valence-electron chi connectivity index (χ1n) is 8.59. The van der Waals surface area contributed by atoms with E-state index in [-0.39, 0.29) is 17.9 Å². The summed E-state index contributed by atoms with van der Waals surface area (Å²) in [5.41, 5.74) is 0.0632. The lowest BCUT2D eigenvalue weighted by atomic mass is 9.89. The highest BCUT2D eigenvalue weighted by Crippen LogP contribution is 2.20. The molecule has 0 radical (unpaired) electrons.